The molecule has 0 saturated carbocycles. The van der Waals surface area contributed by atoms with Crippen molar-refractivity contribution in [1.82, 2.24) is 14.3 Å². The highest BCUT2D eigenvalue weighted by atomic mass is 79.9. The first kappa shape index (κ1) is 43.7. The SMILES string of the molecule is O=C(NCCCCC(NS(=O)(=O)c1ccc(N2CCC(CCCC3CCN(S(=O)(=O)c4cc(Br)c(Cl)s4)CC3)CC2)c(Cl)c1)C(=O)O)OCc1ccccc1. The van der Waals surface area contributed by atoms with Gasteiger partial charge in [0.1, 0.15) is 21.2 Å². The number of carbonyl (C=O) groups excluding carboxylic acids is 1. The smallest absolute Gasteiger partial charge is 0.407 e. The number of nitrogens with zero attached hydrogens (tertiary/aromatic N) is 2. The van der Waals surface area contributed by atoms with Crippen LogP contribution in [0.15, 0.2) is 68.2 Å². The average molecular weight is 923 g/mol. The van der Waals surface area contributed by atoms with Crippen LogP contribution in [0.25, 0.3) is 0 Å². The van der Waals surface area contributed by atoms with Crippen LogP contribution in [0.4, 0.5) is 10.5 Å². The number of carboxylic acids is 1. The van der Waals surface area contributed by atoms with Crippen molar-refractivity contribution in [3.05, 3.63) is 74.0 Å². The van der Waals surface area contributed by atoms with Gasteiger partial charge in [-0.1, -0.05) is 72.8 Å². The van der Waals surface area contributed by atoms with Gasteiger partial charge in [0, 0.05) is 37.2 Å². The summed E-state index contributed by atoms with van der Waals surface area (Å²) >= 11 is 17.1. The number of rotatable bonds is 18. The monoisotopic (exact) mass is 920 g/mol. The van der Waals surface area contributed by atoms with Crippen LogP contribution in [0.1, 0.15) is 69.8 Å². The van der Waals surface area contributed by atoms with Gasteiger partial charge in [-0.2, -0.15) is 9.03 Å². The fourth-order valence-corrected chi connectivity index (χ4v) is 12.6. The van der Waals surface area contributed by atoms with Gasteiger partial charge in [-0.05, 0) is 103 Å². The molecule has 2 saturated heterocycles. The molecule has 2 aliphatic heterocycles. The Bertz CT molecular complexity index is 1950. The van der Waals surface area contributed by atoms with E-state index >= 15 is 0 Å². The molecule has 0 bridgehead atoms. The molecular formula is C37H47BrCl2N4O8S3. The number of piperidine rings is 2. The Hall–Kier alpha value is -2.44. The van der Waals surface area contributed by atoms with E-state index in [4.69, 9.17) is 27.9 Å². The highest BCUT2D eigenvalue weighted by Gasteiger charge is 2.32. The third-order valence-electron chi connectivity index (χ3n) is 10.2. The van der Waals surface area contributed by atoms with E-state index in [-0.39, 0.29) is 33.7 Å². The van der Waals surface area contributed by atoms with Crippen molar-refractivity contribution in [2.45, 2.75) is 86.0 Å². The second kappa shape index (κ2) is 20.3. The number of alkyl carbamates (subject to hydrolysis) is 1. The van der Waals surface area contributed by atoms with Crippen LogP contribution in [-0.2, 0) is 36.2 Å². The van der Waals surface area contributed by atoms with Crippen LogP contribution in [0, 0.1) is 11.8 Å². The molecule has 1 atom stereocenters. The molecule has 18 heteroatoms. The minimum atomic E-state index is -4.18. The summed E-state index contributed by atoms with van der Waals surface area (Å²) in [6, 6.07) is 13.9. The molecule has 0 aliphatic carbocycles. The summed E-state index contributed by atoms with van der Waals surface area (Å²) in [7, 11) is -7.71. The zero-order valence-electron chi connectivity index (χ0n) is 30.3. The number of ether oxygens (including phenoxy) is 1. The van der Waals surface area contributed by atoms with Gasteiger partial charge >= 0.3 is 12.1 Å². The van der Waals surface area contributed by atoms with Crippen molar-refractivity contribution in [2.75, 3.05) is 37.6 Å². The third-order valence-corrected chi connectivity index (χ3v) is 16.8. The van der Waals surface area contributed by atoms with E-state index in [1.165, 1.54) is 12.1 Å². The topological polar surface area (TPSA) is 162 Å². The predicted molar refractivity (Wildman–Crippen MR) is 219 cm³/mol. The van der Waals surface area contributed by atoms with Crippen LogP contribution in [0.2, 0.25) is 9.36 Å². The van der Waals surface area contributed by atoms with Gasteiger partial charge in [0.05, 0.1) is 15.6 Å². The normalized spacial score (nSPS) is 16.9. The van der Waals surface area contributed by atoms with Gasteiger partial charge in [-0.15, -0.1) is 11.3 Å². The van der Waals surface area contributed by atoms with Crippen molar-refractivity contribution < 1.29 is 36.3 Å². The molecule has 3 aromatic rings. The Morgan fingerprint density at radius 1 is 0.909 bits per heavy atom. The molecule has 55 heavy (non-hydrogen) atoms. The lowest BCUT2D eigenvalue weighted by molar-refractivity contribution is -0.139. The molecule has 0 radical (unpaired) electrons. The lowest BCUT2D eigenvalue weighted by Crippen LogP contribution is -2.40. The number of benzene rings is 2. The predicted octanol–water partition coefficient (Wildman–Crippen LogP) is 8.13. The Morgan fingerprint density at radius 2 is 1.56 bits per heavy atom. The van der Waals surface area contributed by atoms with Crippen molar-refractivity contribution in [3.63, 3.8) is 0 Å². The molecule has 12 nitrogen and oxygen atoms in total. The van der Waals surface area contributed by atoms with Gasteiger partial charge in [0.25, 0.3) is 10.0 Å². The van der Waals surface area contributed by atoms with Gasteiger partial charge in [-0.25, -0.2) is 21.6 Å². The number of hydrogen-bond donors (Lipinski definition) is 3. The Kier molecular flexibility index (Phi) is 16.1. The fourth-order valence-electron chi connectivity index (χ4n) is 7.01. The number of anilines is 1. The van der Waals surface area contributed by atoms with E-state index in [2.05, 4.69) is 30.9 Å². The van der Waals surface area contributed by atoms with Crippen LogP contribution in [0.3, 0.4) is 0 Å². The number of amides is 1. The summed E-state index contributed by atoms with van der Waals surface area (Å²) in [6.45, 7) is 2.99. The molecule has 2 aliphatic rings. The van der Waals surface area contributed by atoms with Crippen LogP contribution in [0.5, 0.6) is 0 Å². The molecule has 5 rings (SSSR count). The van der Waals surface area contributed by atoms with E-state index in [1.54, 1.807) is 16.4 Å². The number of halogens is 3. The van der Waals surface area contributed by atoms with Crippen molar-refractivity contribution in [2.24, 2.45) is 11.8 Å². The summed E-state index contributed by atoms with van der Waals surface area (Å²) in [5, 5.41) is 12.6. The van der Waals surface area contributed by atoms with E-state index in [9.17, 15) is 31.5 Å². The Balaban J connectivity index is 0.998. The van der Waals surface area contributed by atoms with Crippen LogP contribution >= 0.6 is 50.5 Å². The molecule has 3 heterocycles. The average Bonchev–Trinajstić information content (AvgIpc) is 3.52. The van der Waals surface area contributed by atoms with Crippen LogP contribution < -0.4 is 14.9 Å². The number of sulfonamides is 2. The molecule has 2 fully saturated rings. The van der Waals surface area contributed by atoms with E-state index < -0.39 is 38.2 Å². The number of thiophene rings is 1. The first-order valence-electron chi connectivity index (χ1n) is 18.4. The summed E-state index contributed by atoms with van der Waals surface area (Å²) in [5.41, 5.74) is 1.59. The van der Waals surface area contributed by atoms with Crippen molar-refractivity contribution >= 4 is 88.3 Å². The summed E-state index contributed by atoms with van der Waals surface area (Å²) in [5.74, 6) is -0.224. The second-order valence-corrected chi connectivity index (χ2v) is 20.8. The number of hydrogen-bond acceptors (Lipinski definition) is 9. The fraction of sp³-hybridized carbons (Fsp3) is 0.514. The van der Waals surface area contributed by atoms with Gasteiger partial charge in [0.15, 0.2) is 0 Å². The summed E-state index contributed by atoms with van der Waals surface area (Å²) in [6.07, 6.45) is 7.17. The van der Waals surface area contributed by atoms with Gasteiger partial charge < -0.3 is 20.1 Å². The minimum Gasteiger partial charge on any atom is -0.480 e. The molecule has 2 aromatic carbocycles. The number of nitrogens with one attached hydrogen (secondary N) is 2. The lowest BCUT2D eigenvalue weighted by Gasteiger charge is -2.35. The van der Waals surface area contributed by atoms with E-state index in [1.807, 2.05) is 30.3 Å². The number of aliphatic carboxylic acids is 1. The largest absolute Gasteiger partial charge is 0.480 e. The molecule has 1 unspecified atom stereocenters. The maximum atomic E-state index is 13.2. The summed E-state index contributed by atoms with van der Waals surface area (Å²) in [4.78, 5) is 25.9. The molecule has 3 N–H and O–H groups in total. The summed E-state index contributed by atoms with van der Waals surface area (Å²) < 4.78 is 62.8. The number of unbranched alkanes of at least 4 members (excludes halogenated alkanes) is 1. The molecule has 302 valence electrons. The highest BCUT2D eigenvalue weighted by Crippen LogP contribution is 2.38. The Labute approximate surface area is 346 Å². The third kappa shape index (κ3) is 12.5. The first-order chi connectivity index (χ1) is 26.2. The Morgan fingerprint density at radius 3 is 2.16 bits per heavy atom. The maximum Gasteiger partial charge on any atom is 0.407 e. The maximum absolute atomic E-state index is 13.2. The lowest BCUT2D eigenvalue weighted by atomic mass is 9.87. The standard InChI is InChI=1S/C37H47BrCl2N4O8S3/c38-30-24-34(53-35(30)40)55(50,51)44-21-16-27(17-22-44)10-6-9-26-14-19-43(20-15-26)33-13-12-29(23-31(33)39)54(48,49)42-32(36(45)46)11-4-5-18-41-37(47)52-25-28-7-2-1-3-8-28/h1-3,7-8,12-13,23-24,26-27,32,42H,4-6,9-11,14-22,25H2,(H,41,47)(H,45,46). The molecular weight excluding hydrogens is 875 g/mol. The number of carbonyl (C=O) groups is 2. The quantitative estimate of drug-likeness (QED) is 0.107. The molecule has 0 spiro atoms. The van der Waals surface area contributed by atoms with Gasteiger partial charge in [-0.3, -0.25) is 4.79 Å². The second-order valence-electron chi connectivity index (χ2n) is 14.0. The molecule has 1 aromatic heterocycles. The first-order valence-corrected chi connectivity index (χ1v) is 23.7. The number of carboxylic acid groups (broad SMARTS) is 1. The van der Waals surface area contributed by atoms with Crippen molar-refractivity contribution in [3.8, 4) is 0 Å². The van der Waals surface area contributed by atoms with E-state index in [0.29, 0.717) is 46.6 Å². The minimum absolute atomic E-state index is 0.0319. The zero-order chi connectivity index (χ0) is 39.6. The van der Waals surface area contributed by atoms with Gasteiger partial charge in [0.2, 0.25) is 10.0 Å². The molecule has 1 amide bonds. The zero-order valence-corrected chi connectivity index (χ0v) is 35.8. The van der Waals surface area contributed by atoms with E-state index in [0.717, 1.165) is 80.6 Å². The van der Waals surface area contributed by atoms with Crippen molar-refractivity contribution in [1.29, 1.82) is 0 Å². The highest BCUT2D eigenvalue weighted by molar-refractivity contribution is 9.10. The van der Waals surface area contributed by atoms with Crippen LogP contribution in [-0.4, -0.2) is 77.1 Å².